The first kappa shape index (κ1) is 14.3. The molecule has 3 rings (SSSR count). The highest BCUT2D eigenvalue weighted by molar-refractivity contribution is 6.39. The van der Waals surface area contributed by atoms with Crippen LogP contribution >= 0.6 is 34.8 Å². The molecule has 0 atom stereocenters. The Balaban J connectivity index is 2.08. The Kier molecular flexibility index (Phi) is 3.85. The van der Waals surface area contributed by atoms with Crippen LogP contribution in [0.1, 0.15) is 0 Å². The smallest absolute Gasteiger partial charge is 0.259 e. The Labute approximate surface area is 134 Å². The second-order valence-electron chi connectivity index (χ2n) is 4.14. The van der Waals surface area contributed by atoms with E-state index in [0.717, 1.165) is 0 Å². The highest BCUT2D eigenvalue weighted by Crippen LogP contribution is 2.35. The molecule has 0 radical (unpaired) electrons. The standard InChI is InChI=1S/C14H6Cl3FN2O/c15-9-2-1-3-10(16)12(9)13-19-14(21-20-13)8-5-4-7(18)6-11(8)17/h1-6H. The minimum Gasteiger partial charge on any atom is -0.334 e. The summed E-state index contributed by atoms with van der Waals surface area (Å²) in [5, 5.41) is 4.82. The van der Waals surface area contributed by atoms with Crippen molar-refractivity contribution in [3.63, 3.8) is 0 Å². The first-order valence-corrected chi connectivity index (χ1v) is 6.93. The maximum absolute atomic E-state index is 13.1. The maximum atomic E-state index is 13.1. The zero-order valence-electron chi connectivity index (χ0n) is 10.3. The van der Waals surface area contributed by atoms with Crippen LogP contribution in [0, 0.1) is 5.82 Å². The molecule has 3 aromatic rings. The molecule has 1 heterocycles. The van der Waals surface area contributed by atoms with Gasteiger partial charge in [-0.05, 0) is 30.3 Å². The van der Waals surface area contributed by atoms with E-state index in [-0.39, 0.29) is 16.7 Å². The van der Waals surface area contributed by atoms with E-state index in [9.17, 15) is 4.39 Å². The van der Waals surface area contributed by atoms with Gasteiger partial charge in [-0.15, -0.1) is 0 Å². The molecule has 1 aromatic heterocycles. The molecule has 0 fully saturated rings. The molecule has 0 aliphatic rings. The van der Waals surface area contributed by atoms with E-state index in [1.165, 1.54) is 18.2 Å². The number of aromatic nitrogens is 2. The molecule has 0 N–H and O–H groups in total. The van der Waals surface area contributed by atoms with Crippen LogP contribution in [0.15, 0.2) is 40.9 Å². The number of nitrogens with zero attached hydrogens (tertiary/aromatic N) is 2. The summed E-state index contributed by atoms with van der Waals surface area (Å²) in [6.45, 7) is 0. The fourth-order valence-corrected chi connectivity index (χ4v) is 2.62. The Morgan fingerprint density at radius 3 is 2.33 bits per heavy atom. The van der Waals surface area contributed by atoms with Gasteiger partial charge in [0.05, 0.1) is 26.2 Å². The summed E-state index contributed by atoms with van der Waals surface area (Å²) in [5.41, 5.74) is 0.897. The van der Waals surface area contributed by atoms with Crippen molar-refractivity contribution >= 4 is 34.8 Å². The van der Waals surface area contributed by atoms with Crippen LogP contribution in [0.2, 0.25) is 15.1 Å². The summed E-state index contributed by atoms with van der Waals surface area (Å²) in [4.78, 5) is 4.21. The lowest BCUT2D eigenvalue weighted by atomic mass is 10.2. The molecule has 0 aliphatic heterocycles. The summed E-state index contributed by atoms with van der Waals surface area (Å²) in [6, 6.07) is 8.94. The number of rotatable bonds is 2. The van der Waals surface area contributed by atoms with Gasteiger partial charge in [-0.3, -0.25) is 0 Å². The van der Waals surface area contributed by atoms with Gasteiger partial charge in [0.15, 0.2) is 0 Å². The predicted octanol–water partition coefficient (Wildman–Crippen LogP) is 5.50. The minimum atomic E-state index is -0.447. The normalized spacial score (nSPS) is 10.9. The zero-order chi connectivity index (χ0) is 15.0. The van der Waals surface area contributed by atoms with E-state index in [1.807, 2.05) is 0 Å². The third-order valence-corrected chi connectivity index (χ3v) is 3.72. The van der Waals surface area contributed by atoms with E-state index in [1.54, 1.807) is 18.2 Å². The number of halogens is 4. The second-order valence-corrected chi connectivity index (χ2v) is 5.37. The van der Waals surface area contributed by atoms with E-state index in [4.69, 9.17) is 39.3 Å². The quantitative estimate of drug-likeness (QED) is 0.616. The van der Waals surface area contributed by atoms with Gasteiger partial charge in [0, 0.05) is 0 Å². The van der Waals surface area contributed by atoms with Crippen LogP contribution in [0.3, 0.4) is 0 Å². The van der Waals surface area contributed by atoms with Crippen LogP contribution in [-0.4, -0.2) is 10.1 Å². The highest BCUT2D eigenvalue weighted by Gasteiger charge is 2.17. The van der Waals surface area contributed by atoms with Crippen molar-refractivity contribution in [3.05, 3.63) is 57.3 Å². The van der Waals surface area contributed by atoms with Crippen molar-refractivity contribution in [1.29, 1.82) is 0 Å². The van der Waals surface area contributed by atoms with Gasteiger partial charge < -0.3 is 4.52 Å². The number of benzene rings is 2. The van der Waals surface area contributed by atoms with Gasteiger partial charge >= 0.3 is 0 Å². The molecular weight excluding hydrogens is 338 g/mol. The van der Waals surface area contributed by atoms with Crippen molar-refractivity contribution in [2.45, 2.75) is 0 Å². The second kappa shape index (κ2) is 5.64. The molecule has 3 nitrogen and oxygen atoms in total. The van der Waals surface area contributed by atoms with Gasteiger partial charge in [0.2, 0.25) is 5.82 Å². The van der Waals surface area contributed by atoms with Gasteiger partial charge in [0.1, 0.15) is 5.82 Å². The molecule has 0 saturated heterocycles. The Morgan fingerprint density at radius 2 is 1.67 bits per heavy atom. The number of hydrogen-bond donors (Lipinski definition) is 0. The fourth-order valence-electron chi connectivity index (χ4n) is 1.81. The first-order chi connectivity index (χ1) is 10.1. The predicted molar refractivity (Wildman–Crippen MR) is 80.2 cm³/mol. The average molecular weight is 344 g/mol. The lowest BCUT2D eigenvalue weighted by Crippen LogP contribution is -1.85. The van der Waals surface area contributed by atoms with Gasteiger partial charge in [-0.25, -0.2) is 4.39 Å². The monoisotopic (exact) mass is 342 g/mol. The summed E-state index contributed by atoms with van der Waals surface area (Å²) in [6.07, 6.45) is 0. The molecule has 0 amide bonds. The Bertz CT molecular complexity index is 799. The Hall–Kier alpha value is -1.62. The molecule has 0 spiro atoms. The highest BCUT2D eigenvalue weighted by atomic mass is 35.5. The maximum Gasteiger partial charge on any atom is 0.259 e. The van der Waals surface area contributed by atoms with Crippen LogP contribution in [-0.2, 0) is 0 Å². The van der Waals surface area contributed by atoms with Crippen LogP contribution in [0.5, 0.6) is 0 Å². The summed E-state index contributed by atoms with van der Waals surface area (Å²) in [5.74, 6) is -0.0513. The minimum absolute atomic E-state index is 0.158. The van der Waals surface area contributed by atoms with Crippen molar-refractivity contribution < 1.29 is 8.91 Å². The van der Waals surface area contributed by atoms with Crippen molar-refractivity contribution in [3.8, 4) is 22.8 Å². The third kappa shape index (κ3) is 2.75. The molecule has 0 saturated carbocycles. The first-order valence-electron chi connectivity index (χ1n) is 5.80. The molecule has 7 heteroatoms. The number of hydrogen-bond acceptors (Lipinski definition) is 3. The van der Waals surface area contributed by atoms with Gasteiger partial charge in [0.25, 0.3) is 5.89 Å². The van der Waals surface area contributed by atoms with Crippen molar-refractivity contribution in [2.75, 3.05) is 0 Å². The lowest BCUT2D eigenvalue weighted by molar-refractivity contribution is 0.432. The summed E-state index contributed by atoms with van der Waals surface area (Å²) < 4.78 is 18.2. The van der Waals surface area contributed by atoms with Crippen LogP contribution < -0.4 is 0 Å². The van der Waals surface area contributed by atoms with E-state index in [2.05, 4.69) is 10.1 Å². The van der Waals surface area contributed by atoms with Gasteiger partial charge in [-0.1, -0.05) is 46.0 Å². The lowest BCUT2D eigenvalue weighted by Gasteiger charge is -2.00. The molecule has 2 aromatic carbocycles. The molecular formula is C14H6Cl3FN2O. The van der Waals surface area contributed by atoms with Crippen molar-refractivity contribution in [1.82, 2.24) is 10.1 Å². The molecule has 21 heavy (non-hydrogen) atoms. The van der Waals surface area contributed by atoms with E-state index < -0.39 is 5.82 Å². The van der Waals surface area contributed by atoms with Crippen molar-refractivity contribution in [2.24, 2.45) is 0 Å². The van der Waals surface area contributed by atoms with E-state index in [0.29, 0.717) is 21.2 Å². The van der Waals surface area contributed by atoms with Crippen LogP contribution in [0.25, 0.3) is 22.8 Å². The summed E-state index contributed by atoms with van der Waals surface area (Å²) in [7, 11) is 0. The molecule has 0 unspecified atom stereocenters. The van der Waals surface area contributed by atoms with Gasteiger partial charge in [-0.2, -0.15) is 4.98 Å². The molecule has 0 bridgehead atoms. The molecule has 106 valence electrons. The average Bonchev–Trinajstić information content (AvgIpc) is 2.87. The van der Waals surface area contributed by atoms with E-state index >= 15 is 0 Å². The SMILES string of the molecule is Fc1ccc(-c2nc(-c3c(Cl)cccc3Cl)no2)c(Cl)c1. The zero-order valence-corrected chi connectivity index (χ0v) is 12.5. The molecule has 0 aliphatic carbocycles. The topological polar surface area (TPSA) is 38.9 Å². The third-order valence-electron chi connectivity index (χ3n) is 2.77. The fraction of sp³-hybridized carbons (Fsp3) is 0. The van der Waals surface area contributed by atoms with Crippen LogP contribution in [0.4, 0.5) is 4.39 Å². The largest absolute Gasteiger partial charge is 0.334 e. The Morgan fingerprint density at radius 1 is 0.952 bits per heavy atom. The summed E-state index contributed by atoms with van der Waals surface area (Å²) >= 11 is 18.1.